The second-order valence-electron chi connectivity index (χ2n) is 6.94. The third-order valence-electron chi connectivity index (χ3n) is 4.70. The van der Waals surface area contributed by atoms with Crippen LogP contribution in [0.2, 0.25) is 5.02 Å². The molecule has 0 bridgehead atoms. The van der Waals surface area contributed by atoms with E-state index in [2.05, 4.69) is 10.3 Å². The highest BCUT2D eigenvalue weighted by molar-refractivity contribution is 6.31. The molecular weight excluding hydrogens is 376 g/mol. The number of hydrogen-bond acceptors (Lipinski definition) is 4. The van der Waals surface area contributed by atoms with Gasteiger partial charge in [0.1, 0.15) is 11.1 Å². The van der Waals surface area contributed by atoms with Gasteiger partial charge in [-0.25, -0.2) is 4.99 Å². The lowest BCUT2D eigenvalue weighted by Crippen LogP contribution is -2.34. The first kappa shape index (κ1) is 18.7. The van der Waals surface area contributed by atoms with Crippen LogP contribution in [0.25, 0.3) is 11.0 Å². The van der Waals surface area contributed by atoms with E-state index in [1.165, 1.54) is 0 Å². The number of halogens is 1. The molecule has 1 aliphatic heterocycles. The summed E-state index contributed by atoms with van der Waals surface area (Å²) in [7, 11) is 0. The minimum absolute atomic E-state index is 0.0629. The molecule has 0 spiro atoms. The summed E-state index contributed by atoms with van der Waals surface area (Å²) in [6, 6.07) is 14.8. The number of hydrogen-bond donors (Lipinski definition) is 1. The van der Waals surface area contributed by atoms with Crippen LogP contribution in [0, 0.1) is 6.92 Å². The molecule has 0 aliphatic carbocycles. The molecule has 1 fully saturated rings. The highest BCUT2D eigenvalue weighted by atomic mass is 35.5. The first-order valence-corrected chi connectivity index (χ1v) is 9.71. The smallest absolute Gasteiger partial charge is 0.256 e. The van der Waals surface area contributed by atoms with Crippen molar-refractivity contribution in [2.24, 2.45) is 4.99 Å². The Morgan fingerprint density at radius 2 is 2.14 bits per heavy atom. The summed E-state index contributed by atoms with van der Waals surface area (Å²) in [6.45, 7) is 3.21. The van der Waals surface area contributed by atoms with Gasteiger partial charge in [0.2, 0.25) is 5.55 Å². The number of rotatable bonds is 4. The fraction of sp³-hybridized carbons (Fsp3) is 0.273. The van der Waals surface area contributed by atoms with Gasteiger partial charge in [0, 0.05) is 23.6 Å². The first-order chi connectivity index (χ1) is 13.6. The van der Waals surface area contributed by atoms with E-state index < -0.39 is 0 Å². The molecule has 1 aromatic heterocycles. The highest BCUT2D eigenvalue weighted by Gasteiger charge is 2.18. The van der Waals surface area contributed by atoms with Crippen LogP contribution in [-0.2, 0) is 4.74 Å². The molecule has 1 saturated heterocycles. The number of aryl methyl sites for hydroxylation is 1. The second-order valence-corrected chi connectivity index (χ2v) is 7.38. The van der Waals surface area contributed by atoms with Crippen LogP contribution in [-0.4, -0.2) is 25.2 Å². The summed E-state index contributed by atoms with van der Waals surface area (Å²) in [5.41, 5.74) is 3.06. The van der Waals surface area contributed by atoms with Gasteiger partial charge in [-0.1, -0.05) is 23.7 Å². The Morgan fingerprint density at radius 1 is 1.25 bits per heavy atom. The fourth-order valence-corrected chi connectivity index (χ4v) is 3.45. The number of carbonyl (C=O) groups excluding carboxylic acids is 1. The van der Waals surface area contributed by atoms with E-state index in [9.17, 15) is 4.79 Å². The van der Waals surface area contributed by atoms with Crippen LogP contribution in [0.1, 0.15) is 28.8 Å². The Labute approximate surface area is 168 Å². The zero-order valence-corrected chi connectivity index (χ0v) is 16.3. The van der Waals surface area contributed by atoms with Crippen molar-refractivity contribution in [3.63, 3.8) is 0 Å². The van der Waals surface area contributed by atoms with Gasteiger partial charge in [-0.2, -0.15) is 0 Å². The molecule has 2 aromatic carbocycles. The number of benzene rings is 2. The molecule has 0 saturated carbocycles. The number of carbonyl (C=O) groups is 1. The zero-order valence-electron chi connectivity index (χ0n) is 15.6. The Kier molecular flexibility index (Phi) is 5.46. The Hall–Kier alpha value is -2.63. The van der Waals surface area contributed by atoms with Crippen molar-refractivity contribution in [2.75, 3.05) is 13.2 Å². The van der Waals surface area contributed by atoms with Crippen LogP contribution in [0.15, 0.2) is 57.9 Å². The molecule has 1 N–H and O–H groups in total. The van der Waals surface area contributed by atoms with Crippen LogP contribution in [0.3, 0.4) is 0 Å². The maximum atomic E-state index is 12.9. The van der Waals surface area contributed by atoms with E-state index in [0.29, 0.717) is 22.7 Å². The lowest BCUT2D eigenvalue weighted by Gasteiger charge is -2.11. The molecular formula is C22H21ClN2O3. The maximum Gasteiger partial charge on any atom is 0.256 e. The van der Waals surface area contributed by atoms with Crippen molar-refractivity contribution < 1.29 is 13.9 Å². The predicted octanol–water partition coefficient (Wildman–Crippen LogP) is 4.54. The van der Waals surface area contributed by atoms with E-state index in [4.69, 9.17) is 20.8 Å². The monoisotopic (exact) mass is 396 g/mol. The number of fused-ring (bicyclic) bond motifs is 1. The summed E-state index contributed by atoms with van der Waals surface area (Å²) < 4.78 is 11.6. The summed E-state index contributed by atoms with van der Waals surface area (Å²) in [4.78, 5) is 17.5. The summed E-state index contributed by atoms with van der Waals surface area (Å²) in [5.74, 6) is -0.243. The van der Waals surface area contributed by atoms with Crippen LogP contribution in [0.4, 0.5) is 5.69 Å². The van der Waals surface area contributed by atoms with Gasteiger partial charge in [0.05, 0.1) is 11.8 Å². The number of nitrogens with one attached hydrogen (secondary N) is 1. The molecule has 1 aliphatic rings. The molecule has 144 valence electrons. The first-order valence-electron chi connectivity index (χ1n) is 9.33. The number of ether oxygens (including phenoxy) is 1. The average molecular weight is 397 g/mol. The third-order valence-corrected chi connectivity index (χ3v) is 4.94. The van der Waals surface area contributed by atoms with E-state index in [0.717, 1.165) is 36.1 Å². The van der Waals surface area contributed by atoms with E-state index in [1.807, 2.05) is 31.2 Å². The molecule has 2 heterocycles. The molecule has 1 amide bonds. The molecule has 28 heavy (non-hydrogen) atoms. The SMILES string of the molecule is Cc1cccc(N=c2oc3ccc(Cl)cc3cc2C(=O)NC[C@H]2CCCO2)c1. The van der Waals surface area contributed by atoms with Gasteiger partial charge in [-0.3, -0.25) is 4.79 Å². The highest BCUT2D eigenvalue weighted by Crippen LogP contribution is 2.20. The van der Waals surface area contributed by atoms with Gasteiger partial charge in [0.15, 0.2) is 0 Å². The summed E-state index contributed by atoms with van der Waals surface area (Å²) in [5, 5.41) is 4.27. The normalized spacial score (nSPS) is 17.2. The van der Waals surface area contributed by atoms with Crippen molar-refractivity contribution in [3.8, 4) is 0 Å². The van der Waals surface area contributed by atoms with Crippen molar-refractivity contribution >= 4 is 34.2 Å². The van der Waals surface area contributed by atoms with Crippen LogP contribution in [0.5, 0.6) is 0 Å². The quantitative estimate of drug-likeness (QED) is 0.704. The number of nitrogens with zero attached hydrogens (tertiary/aromatic N) is 1. The minimum Gasteiger partial charge on any atom is -0.438 e. The third kappa shape index (κ3) is 4.26. The van der Waals surface area contributed by atoms with Gasteiger partial charge in [-0.15, -0.1) is 0 Å². The second kappa shape index (κ2) is 8.17. The van der Waals surface area contributed by atoms with E-state index in [-0.39, 0.29) is 17.6 Å². The largest absolute Gasteiger partial charge is 0.438 e. The van der Waals surface area contributed by atoms with Gasteiger partial charge in [-0.05, 0) is 61.7 Å². The lowest BCUT2D eigenvalue weighted by molar-refractivity contribution is 0.0854. The van der Waals surface area contributed by atoms with Crippen molar-refractivity contribution in [1.29, 1.82) is 0 Å². The van der Waals surface area contributed by atoms with E-state index in [1.54, 1.807) is 24.3 Å². The van der Waals surface area contributed by atoms with E-state index >= 15 is 0 Å². The molecule has 6 heteroatoms. The van der Waals surface area contributed by atoms with Crippen molar-refractivity contribution in [1.82, 2.24) is 5.32 Å². The standard InChI is InChI=1S/C22H21ClN2O3/c1-14-4-2-5-17(10-14)25-22-19(21(26)24-13-18-6-3-9-27-18)12-15-11-16(23)7-8-20(15)28-22/h2,4-5,7-8,10-12,18H,3,6,9,13H2,1H3,(H,24,26)/t18-/m1/s1. The maximum absolute atomic E-state index is 12.9. The topological polar surface area (TPSA) is 63.8 Å². The molecule has 3 aromatic rings. The zero-order chi connectivity index (χ0) is 19.5. The van der Waals surface area contributed by atoms with Gasteiger partial charge >= 0.3 is 0 Å². The Bertz CT molecular complexity index is 1080. The Morgan fingerprint density at radius 3 is 2.93 bits per heavy atom. The molecule has 1 atom stereocenters. The van der Waals surface area contributed by atoms with Crippen LogP contribution >= 0.6 is 11.6 Å². The molecule has 4 rings (SSSR count). The number of amides is 1. The van der Waals surface area contributed by atoms with Crippen molar-refractivity contribution in [2.45, 2.75) is 25.9 Å². The van der Waals surface area contributed by atoms with Crippen molar-refractivity contribution in [3.05, 3.63) is 70.2 Å². The predicted molar refractivity (Wildman–Crippen MR) is 109 cm³/mol. The minimum atomic E-state index is -0.243. The molecule has 0 radical (unpaired) electrons. The summed E-state index contributed by atoms with van der Waals surface area (Å²) >= 11 is 6.10. The average Bonchev–Trinajstić information content (AvgIpc) is 3.19. The van der Waals surface area contributed by atoms with Crippen LogP contribution < -0.4 is 10.9 Å². The van der Waals surface area contributed by atoms with Gasteiger partial charge < -0.3 is 14.5 Å². The lowest BCUT2D eigenvalue weighted by atomic mass is 10.1. The van der Waals surface area contributed by atoms with Gasteiger partial charge in [0.25, 0.3) is 5.91 Å². The Balaban J connectivity index is 1.76. The molecule has 5 nitrogen and oxygen atoms in total. The fourth-order valence-electron chi connectivity index (χ4n) is 3.27. The molecule has 0 unspecified atom stereocenters. The summed E-state index contributed by atoms with van der Waals surface area (Å²) in [6.07, 6.45) is 2.05.